The molecule has 0 spiro atoms. The number of carbonyl (C=O) groups is 1. The smallest absolute Gasteiger partial charge is 0.258 e. The molecule has 0 fully saturated rings. The van der Waals surface area contributed by atoms with Crippen LogP contribution in [0.2, 0.25) is 5.02 Å². The predicted octanol–water partition coefficient (Wildman–Crippen LogP) is 3.43. The van der Waals surface area contributed by atoms with Gasteiger partial charge in [-0.2, -0.15) is 5.26 Å². The van der Waals surface area contributed by atoms with Gasteiger partial charge in [-0.05, 0) is 37.5 Å². The van der Waals surface area contributed by atoms with E-state index in [1.54, 1.807) is 18.1 Å². The molecule has 1 amide bonds. The van der Waals surface area contributed by atoms with Gasteiger partial charge in [-0.25, -0.2) is 0 Å². The summed E-state index contributed by atoms with van der Waals surface area (Å²) in [6, 6.07) is 7.26. The third-order valence-corrected chi connectivity index (χ3v) is 5.58. The molecule has 1 aromatic carbocycles. The molecule has 6 heteroatoms. The van der Waals surface area contributed by atoms with Gasteiger partial charge in [0.1, 0.15) is 17.6 Å². The van der Waals surface area contributed by atoms with Crippen molar-refractivity contribution in [1.82, 2.24) is 10.2 Å². The van der Waals surface area contributed by atoms with Crippen molar-refractivity contribution < 1.29 is 9.53 Å². The number of benzene rings is 1. The minimum Gasteiger partial charge on any atom is -0.497 e. The largest absolute Gasteiger partial charge is 0.497 e. The first-order valence-corrected chi connectivity index (χ1v) is 8.75. The molecule has 2 aliphatic heterocycles. The van der Waals surface area contributed by atoms with E-state index >= 15 is 0 Å². The van der Waals surface area contributed by atoms with E-state index < -0.39 is 6.04 Å². The number of hydrogen-bond donors (Lipinski definition) is 1. The summed E-state index contributed by atoms with van der Waals surface area (Å²) in [5.41, 5.74) is 3.54. The van der Waals surface area contributed by atoms with Gasteiger partial charge in [0, 0.05) is 28.3 Å². The summed E-state index contributed by atoms with van der Waals surface area (Å²) in [4.78, 5) is 14.6. The highest BCUT2D eigenvalue weighted by Crippen LogP contribution is 2.46. The number of allylic oxidation sites excluding steroid dienone is 1. The Balaban J connectivity index is 1.89. The van der Waals surface area contributed by atoms with Crippen LogP contribution in [0, 0.1) is 17.2 Å². The molecular weight excluding hydrogens is 338 g/mol. The molecule has 0 radical (unpaired) electrons. The number of ether oxygens (including phenoxy) is 1. The highest BCUT2D eigenvalue weighted by molar-refractivity contribution is 6.32. The van der Waals surface area contributed by atoms with Gasteiger partial charge in [-0.1, -0.05) is 18.5 Å². The van der Waals surface area contributed by atoms with Crippen molar-refractivity contribution in [3.8, 4) is 11.8 Å². The van der Waals surface area contributed by atoms with Crippen molar-refractivity contribution in [2.45, 2.75) is 32.2 Å². The second-order valence-corrected chi connectivity index (χ2v) is 6.99. The molecule has 5 nitrogen and oxygen atoms in total. The lowest BCUT2D eigenvalue weighted by Crippen LogP contribution is -2.45. The first-order chi connectivity index (χ1) is 12.1. The summed E-state index contributed by atoms with van der Waals surface area (Å²) in [6.07, 6.45) is 2.61. The molecule has 1 aromatic rings. The van der Waals surface area contributed by atoms with Crippen LogP contribution in [0.1, 0.15) is 31.7 Å². The van der Waals surface area contributed by atoms with Crippen molar-refractivity contribution in [1.29, 1.82) is 5.26 Å². The van der Waals surface area contributed by atoms with Crippen molar-refractivity contribution >= 4 is 23.1 Å². The van der Waals surface area contributed by atoms with Crippen LogP contribution in [0.3, 0.4) is 0 Å². The molecule has 0 saturated carbocycles. The van der Waals surface area contributed by atoms with Crippen LogP contribution in [0.15, 0.2) is 35.3 Å². The van der Waals surface area contributed by atoms with Gasteiger partial charge in [0.2, 0.25) is 0 Å². The van der Waals surface area contributed by atoms with Gasteiger partial charge < -0.3 is 10.1 Å². The van der Waals surface area contributed by atoms with E-state index in [4.69, 9.17) is 16.3 Å². The number of halogens is 1. The molecule has 128 valence electrons. The minimum absolute atomic E-state index is 0.0423. The van der Waals surface area contributed by atoms with Gasteiger partial charge >= 0.3 is 0 Å². The molecule has 3 aliphatic rings. The van der Waals surface area contributed by atoms with Crippen molar-refractivity contribution in [3.05, 3.63) is 45.9 Å². The molecule has 2 unspecified atom stereocenters. The number of nitriles is 1. The average Bonchev–Trinajstić information content (AvgIpc) is 3.18. The second kappa shape index (κ2) is 5.82. The summed E-state index contributed by atoms with van der Waals surface area (Å²) in [5.74, 6) is 1.20. The fourth-order valence-corrected chi connectivity index (χ4v) is 4.28. The lowest BCUT2D eigenvalue weighted by molar-refractivity contribution is -0.127. The Kier molecular flexibility index (Phi) is 3.73. The Bertz CT molecular complexity index is 881. The van der Waals surface area contributed by atoms with E-state index in [9.17, 15) is 10.1 Å². The van der Waals surface area contributed by atoms with E-state index in [2.05, 4.69) is 11.4 Å². The predicted molar refractivity (Wildman–Crippen MR) is 94.3 cm³/mol. The molecule has 0 saturated heterocycles. The van der Waals surface area contributed by atoms with Crippen LogP contribution >= 0.6 is 11.6 Å². The zero-order chi connectivity index (χ0) is 17.7. The number of methoxy groups -OCH3 is 1. The summed E-state index contributed by atoms with van der Waals surface area (Å²) < 4.78 is 5.22. The van der Waals surface area contributed by atoms with Gasteiger partial charge in [-0.15, -0.1) is 0 Å². The summed E-state index contributed by atoms with van der Waals surface area (Å²) >= 11 is 6.48. The summed E-state index contributed by atoms with van der Waals surface area (Å²) in [7, 11) is 1.59. The number of carbonyl (C=O) groups excluding carboxylic acids is 1. The average molecular weight is 356 g/mol. The Hall–Kier alpha value is -2.45. The molecule has 4 rings (SSSR count). The lowest BCUT2D eigenvalue weighted by Gasteiger charge is -2.30. The highest BCUT2D eigenvalue weighted by Gasteiger charge is 2.47. The van der Waals surface area contributed by atoms with E-state index in [1.165, 1.54) is 0 Å². The Morgan fingerprint density at radius 1 is 1.40 bits per heavy atom. The molecule has 1 aliphatic carbocycles. The Labute approximate surface area is 151 Å². The summed E-state index contributed by atoms with van der Waals surface area (Å²) in [5, 5.41) is 13.7. The third-order valence-electron chi connectivity index (χ3n) is 5.27. The minimum atomic E-state index is -0.530. The van der Waals surface area contributed by atoms with E-state index in [1.807, 2.05) is 19.1 Å². The van der Waals surface area contributed by atoms with Crippen LogP contribution in [0.5, 0.6) is 5.75 Å². The van der Waals surface area contributed by atoms with Crippen molar-refractivity contribution in [2.75, 3.05) is 7.11 Å². The van der Waals surface area contributed by atoms with E-state index in [-0.39, 0.29) is 11.8 Å². The van der Waals surface area contributed by atoms with Gasteiger partial charge in [-0.3, -0.25) is 9.69 Å². The van der Waals surface area contributed by atoms with Crippen LogP contribution in [-0.2, 0) is 4.79 Å². The molecule has 1 N–H and O–H groups in total. The molecular formula is C19H18ClN3O2. The quantitative estimate of drug-likeness (QED) is 0.882. The Morgan fingerprint density at radius 2 is 2.20 bits per heavy atom. The fraction of sp³-hybridized carbons (Fsp3) is 0.368. The number of rotatable bonds is 2. The molecule has 25 heavy (non-hydrogen) atoms. The zero-order valence-corrected chi connectivity index (χ0v) is 14.9. The number of fused-ring (bicyclic) bond motifs is 1. The molecule has 2 heterocycles. The third kappa shape index (κ3) is 2.25. The maximum atomic E-state index is 13.0. The van der Waals surface area contributed by atoms with Crippen molar-refractivity contribution in [3.63, 3.8) is 0 Å². The van der Waals surface area contributed by atoms with E-state index in [0.717, 1.165) is 41.7 Å². The zero-order valence-electron chi connectivity index (χ0n) is 14.1. The van der Waals surface area contributed by atoms with Crippen LogP contribution in [0.25, 0.3) is 5.57 Å². The topological polar surface area (TPSA) is 65.4 Å². The number of nitrogens with zero attached hydrogens (tertiary/aromatic N) is 2. The first kappa shape index (κ1) is 16.0. The highest BCUT2D eigenvalue weighted by atomic mass is 35.5. The van der Waals surface area contributed by atoms with Gasteiger partial charge in [0.05, 0.1) is 18.2 Å². The number of nitrogens with one attached hydrogen (secondary N) is 1. The van der Waals surface area contributed by atoms with Gasteiger partial charge in [0.15, 0.2) is 0 Å². The van der Waals surface area contributed by atoms with E-state index in [0.29, 0.717) is 16.6 Å². The summed E-state index contributed by atoms with van der Waals surface area (Å²) in [6.45, 7) is 1.97. The molecule has 2 atom stereocenters. The van der Waals surface area contributed by atoms with Crippen LogP contribution in [0.4, 0.5) is 0 Å². The molecule has 0 aromatic heterocycles. The monoisotopic (exact) mass is 355 g/mol. The standard InChI is InChI=1S/C19H18ClN3O2/c1-10-16(9-21)23-18(22-15-5-3-4-13(15)19(23)24)17(10)12-7-6-11(25-2)8-14(12)20/h6-8,10,16,22H,3-5H2,1-2H3. The van der Waals surface area contributed by atoms with Crippen LogP contribution in [-0.4, -0.2) is 24.0 Å². The number of amides is 1. The number of hydrogen-bond acceptors (Lipinski definition) is 4. The Morgan fingerprint density at radius 3 is 2.88 bits per heavy atom. The first-order valence-electron chi connectivity index (χ1n) is 8.37. The second-order valence-electron chi connectivity index (χ2n) is 6.58. The SMILES string of the molecule is COc1ccc(C2=C3NC4=C(CCC4)C(=O)N3C(C#N)C2C)c(Cl)c1. The van der Waals surface area contributed by atoms with Gasteiger partial charge in [0.25, 0.3) is 5.91 Å². The molecule has 0 bridgehead atoms. The normalized spacial score (nSPS) is 24.9. The lowest BCUT2D eigenvalue weighted by atomic mass is 9.91. The fourth-order valence-electron chi connectivity index (χ4n) is 4.01. The van der Waals surface area contributed by atoms with Crippen LogP contribution < -0.4 is 10.1 Å². The maximum absolute atomic E-state index is 13.0. The maximum Gasteiger partial charge on any atom is 0.258 e. The van der Waals surface area contributed by atoms with Crippen molar-refractivity contribution in [2.24, 2.45) is 5.92 Å².